The molecule has 0 bridgehead atoms. The third-order valence-corrected chi connectivity index (χ3v) is 6.69. The van der Waals surface area contributed by atoms with Crippen molar-refractivity contribution in [1.82, 2.24) is 14.5 Å². The highest BCUT2D eigenvalue weighted by molar-refractivity contribution is 7.99. The van der Waals surface area contributed by atoms with E-state index in [1.54, 1.807) is 7.11 Å². The smallest absolute Gasteiger partial charge is 0.236 e. The molecule has 0 aliphatic heterocycles. The molecule has 1 amide bonds. The van der Waals surface area contributed by atoms with Crippen LogP contribution in [0.3, 0.4) is 0 Å². The quantitative estimate of drug-likeness (QED) is 0.499. The first kappa shape index (κ1) is 22.5. The van der Waals surface area contributed by atoms with Gasteiger partial charge in [0.25, 0.3) is 0 Å². The molecule has 0 saturated heterocycles. The number of hydrogen-bond acceptors (Lipinski definition) is 6. The number of carbonyl (C=O) groups is 1. The largest absolute Gasteiger partial charge is 0.383 e. The molecule has 3 aromatic rings. The molecular weight excluding hydrogens is 416 g/mol. The second-order valence-corrected chi connectivity index (χ2v) is 9.16. The van der Waals surface area contributed by atoms with Gasteiger partial charge in [-0.05, 0) is 45.7 Å². The topological polar surface area (TPSA) is 69.0 Å². The average Bonchev–Trinajstić information content (AvgIpc) is 3.22. The number of nitrogens with zero attached hydrogens (tertiary/aromatic N) is 3. The number of ether oxygens (including phenoxy) is 1. The van der Waals surface area contributed by atoms with Gasteiger partial charge in [-0.25, -0.2) is 9.97 Å². The minimum atomic E-state index is -0.0881. The Kier molecular flexibility index (Phi) is 7.33. The van der Waals surface area contributed by atoms with E-state index in [2.05, 4.69) is 52.8 Å². The molecule has 0 fully saturated rings. The number of nitrogens with one attached hydrogen (secondary N) is 1. The van der Waals surface area contributed by atoms with E-state index in [1.807, 2.05) is 19.2 Å². The number of thiazole rings is 1. The van der Waals surface area contributed by atoms with E-state index in [4.69, 9.17) is 4.74 Å². The van der Waals surface area contributed by atoms with Gasteiger partial charge in [0, 0.05) is 30.3 Å². The number of aromatic nitrogens is 3. The molecular formula is C22H28N4O2S2. The van der Waals surface area contributed by atoms with E-state index in [-0.39, 0.29) is 11.7 Å². The van der Waals surface area contributed by atoms with Gasteiger partial charge >= 0.3 is 0 Å². The van der Waals surface area contributed by atoms with E-state index >= 15 is 0 Å². The van der Waals surface area contributed by atoms with Gasteiger partial charge < -0.3 is 14.6 Å². The van der Waals surface area contributed by atoms with Crippen molar-refractivity contribution in [2.24, 2.45) is 0 Å². The van der Waals surface area contributed by atoms with Gasteiger partial charge in [-0.1, -0.05) is 29.5 Å². The third-order valence-electron chi connectivity index (χ3n) is 4.96. The zero-order valence-electron chi connectivity index (χ0n) is 18.3. The summed E-state index contributed by atoms with van der Waals surface area (Å²) in [4.78, 5) is 21.7. The van der Waals surface area contributed by atoms with Crippen molar-refractivity contribution in [1.29, 1.82) is 0 Å². The molecule has 0 radical (unpaired) electrons. The van der Waals surface area contributed by atoms with Gasteiger partial charge in [-0.3, -0.25) is 4.79 Å². The van der Waals surface area contributed by atoms with Crippen LogP contribution in [0.25, 0.3) is 11.3 Å². The maximum atomic E-state index is 12.5. The predicted molar refractivity (Wildman–Crippen MR) is 125 cm³/mol. The molecule has 2 heterocycles. The molecule has 0 unspecified atom stereocenters. The first-order valence-corrected chi connectivity index (χ1v) is 11.7. The zero-order valence-corrected chi connectivity index (χ0v) is 20.0. The Hall–Kier alpha value is -2.16. The highest BCUT2D eigenvalue weighted by Crippen LogP contribution is 2.31. The van der Waals surface area contributed by atoms with Crippen LogP contribution < -0.4 is 5.32 Å². The van der Waals surface area contributed by atoms with Crippen molar-refractivity contribution in [3.05, 3.63) is 45.6 Å². The predicted octanol–water partition coefficient (Wildman–Crippen LogP) is 4.93. The molecule has 0 saturated carbocycles. The number of anilines is 1. The molecule has 1 N–H and O–H groups in total. The van der Waals surface area contributed by atoms with Crippen LogP contribution in [0.5, 0.6) is 0 Å². The van der Waals surface area contributed by atoms with Crippen LogP contribution in [-0.2, 0) is 16.1 Å². The number of rotatable bonds is 8. The van der Waals surface area contributed by atoms with Crippen molar-refractivity contribution in [2.75, 3.05) is 24.8 Å². The zero-order chi connectivity index (χ0) is 21.8. The molecule has 0 aliphatic rings. The second kappa shape index (κ2) is 9.76. The van der Waals surface area contributed by atoms with E-state index in [0.29, 0.717) is 11.7 Å². The Labute approximate surface area is 186 Å². The van der Waals surface area contributed by atoms with Gasteiger partial charge in [0.05, 0.1) is 23.7 Å². The minimum absolute atomic E-state index is 0.0881. The SMILES string of the molecule is COCCn1c(SCC(=O)Nc2nc(-c3c(C)cc(C)cc3C)cs2)nc(C)c1C. The molecule has 0 spiro atoms. The van der Waals surface area contributed by atoms with E-state index < -0.39 is 0 Å². The molecule has 8 heteroatoms. The van der Waals surface area contributed by atoms with Crippen molar-refractivity contribution < 1.29 is 9.53 Å². The number of benzene rings is 1. The van der Waals surface area contributed by atoms with Crippen molar-refractivity contribution in [3.63, 3.8) is 0 Å². The lowest BCUT2D eigenvalue weighted by atomic mass is 9.98. The van der Waals surface area contributed by atoms with Crippen molar-refractivity contribution in [2.45, 2.75) is 46.3 Å². The Morgan fingerprint density at radius 1 is 1.17 bits per heavy atom. The van der Waals surface area contributed by atoms with Crippen LogP contribution >= 0.6 is 23.1 Å². The second-order valence-electron chi connectivity index (χ2n) is 7.36. The summed E-state index contributed by atoms with van der Waals surface area (Å²) in [6.07, 6.45) is 0. The van der Waals surface area contributed by atoms with Crippen molar-refractivity contribution in [3.8, 4) is 11.3 Å². The molecule has 6 nitrogen and oxygen atoms in total. The van der Waals surface area contributed by atoms with Crippen LogP contribution in [0.1, 0.15) is 28.1 Å². The fourth-order valence-corrected chi connectivity index (χ4v) is 5.13. The van der Waals surface area contributed by atoms with Gasteiger partial charge in [0.1, 0.15) is 0 Å². The van der Waals surface area contributed by atoms with Gasteiger partial charge in [0.15, 0.2) is 10.3 Å². The summed E-state index contributed by atoms with van der Waals surface area (Å²) in [6.45, 7) is 11.6. The summed E-state index contributed by atoms with van der Waals surface area (Å²) in [5.74, 6) is 0.190. The van der Waals surface area contributed by atoms with Crippen LogP contribution in [-0.4, -0.2) is 39.9 Å². The minimum Gasteiger partial charge on any atom is -0.383 e. The molecule has 1 aromatic carbocycles. The third kappa shape index (κ3) is 5.11. The summed E-state index contributed by atoms with van der Waals surface area (Å²) >= 11 is 2.88. The summed E-state index contributed by atoms with van der Waals surface area (Å²) in [5, 5.41) is 6.37. The fourth-order valence-electron chi connectivity index (χ4n) is 3.50. The average molecular weight is 445 g/mol. The number of amides is 1. The Bertz CT molecular complexity index is 1030. The fraction of sp³-hybridized carbons (Fsp3) is 0.409. The van der Waals surface area contributed by atoms with Crippen LogP contribution in [0.2, 0.25) is 0 Å². The first-order valence-electron chi connectivity index (χ1n) is 9.79. The normalized spacial score (nSPS) is 11.1. The molecule has 2 aromatic heterocycles. The lowest BCUT2D eigenvalue weighted by Gasteiger charge is -2.09. The monoisotopic (exact) mass is 444 g/mol. The summed E-state index contributed by atoms with van der Waals surface area (Å²) in [5.41, 5.74) is 7.74. The number of thioether (sulfide) groups is 1. The summed E-state index contributed by atoms with van der Waals surface area (Å²) in [6, 6.07) is 4.32. The number of carbonyl (C=O) groups excluding carboxylic acids is 1. The van der Waals surface area contributed by atoms with E-state index in [0.717, 1.165) is 34.3 Å². The Morgan fingerprint density at radius 3 is 2.53 bits per heavy atom. The number of aryl methyl sites for hydroxylation is 4. The van der Waals surface area contributed by atoms with Crippen molar-refractivity contribution >= 4 is 34.1 Å². The lowest BCUT2D eigenvalue weighted by molar-refractivity contribution is -0.113. The van der Waals surface area contributed by atoms with Gasteiger partial charge in [0.2, 0.25) is 5.91 Å². The number of methoxy groups -OCH3 is 1. The standard InChI is InChI=1S/C22H28N4O2S2/c1-13-9-14(2)20(15(3)10-13)18-11-29-21(24-18)25-19(27)12-30-22-23-16(4)17(5)26(22)7-8-28-6/h9-11H,7-8,12H2,1-6H3,(H,24,25,27). The van der Waals surface area contributed by atoms with Crippen LogP contribution in [0.15, 0.2) is 22.7 Å². The summed E-state index contributed by atoms with van der Waals surface area (Å²) < 4.78 is 7.29. The van der Waals surface area contributed by atoms with Gasteiger partial charge in [-0.15, -0.1) is 11.3 Å². The maximum absolute atomic E-state index is 12.5. The molecule has 0 aliphatic carbocycles. The first-order chi connectivity index (χ1) is 14.3. The Morgan fingerprint density at radius 2 is 1.87 bits per heavy atom. The van der Waals surface area contributed by atoms with E-state index in [1.165, 1.54) is 39.8 Å². The molecule has 160 valence electrons. The highest BCUT2D eigenvalue weighted by atomic mass is 32.2. The summed E-state index contributed by atoms with van der Waals surface area (Å²) in [7, 11) is 1.68. The number of hydrogen-bond donors (Lipinski definition) is 1. The van der Waals surface area contributed by atoms with Gasteiger partial charge in [-0.2, -0.15) is 0 Å². The Balaban J connectivity index is 1.65. The molecule has 0 atom stereocenters. The lowest BCUT2D eigenvalue weighted by Crippen LogP contribution is -2.15. The highest BCUT2D eigenvalue weighted by Gasteiger charge is 2.15. The number of imidazole rings is 1. The molecule has 30 heavy (non-hydrogen) atoms. The van der Waals surface area contributed by atoms with Crippen LogP contribution in [0, 0.1) is 34.6 Å². The maximum Gasteiger partial charge on any atom is 0.236 e. The van der Waals surface area contributed by atoms with Crippen LogP contribution in [0.4, 0.5) is 5.13 Å². The van der Waals surface area contributed by atoms with E-state index in [9.17, 15) is 4.79 Å². The molecule has 3 rings (SSSR count).